The van der Waals surface area contributed by atoms with Crippen LogP contribution in [0.1, 0.15) is 17.2 Å². The first kappa shape index (κ1) is 15.8. The summed E-state index contributed by atoms with van der Waals surface area (Å²) in [6, 6.07) is 7.81. The number of hydrogen-bond donors (Lipinski definition) is 0. The molecule has 6 heteroatoms. The minimum Gasteiger partial charge on any atom is -0.372 e. The van der Waals surface area contributed by atoms with Crippen molar-refractivity contribution in [2.24, 2.45) is 0 Å². The highest BCUT2D eigenvalue weighted by atomic mass is 79.9. The predicted octanol–water partition coefficient (Wildman–Crippen LogP) is 3.56. The fourth-order valence-corrected chi connectivity index (χ4v) is 2.97. The van der Waals surface area contributed by atoms with Gasteiger partial charge in [-0.25, -0.2) is 0 Å². The second-order valence-electron chi connectivity index (χ2n) is 4.85. The molecule has 2 nitrogen and oxygen atoms in total. The summed E-state index contributed by atoms with van der Waals surface area (Å²) >= 11 is 3.20. The van der Waals surface area contributed by atoms with E-state index in [1.54, 1.807) is 0 Å². The van der Waals surface area contributed by atoms with Crippen LogP contribution in [-0.2, 0) is 11.2 Å². The van der Waals surface area contributed by atoms with Gasteiger partial charge in [-0.3, -0.25) is 4.90 Å². The van der Waals surface area contributed by atoms with Crippen LogP contribution in [0.2, 0.25) is 0 Å². The molecule has 1 atom stereocenters. The summed E-state index contributed by atoms with van der Waals surface area (Å²) in [6.45, 7) is 0.278. The number of hydrogen-bond acceptors (Lipinski definition) is 2. The molecule has 2 rings (SSSR count). The molecule has 1 aliphatic heterocycles. The molecule has 0 fully saturated rings. The lowest BCUT2D eigenvalue weighted by Gasteiger charge is -2.31. The average molecular weight is 352 g/mol. The topological polar surface area (TPSA) is 12.5 Å². The minimum absolute atomic E-state index is 0.266. The Morgan fingerprint density at radius 1 is 1.30 bits per heavy atom. The molecule has 0 bridgehead atoms. The number of alkyl halides is 4. The molecule has 0 N–H and O–H groups in total. The third-order valence-electron chi connectivity index (χ3n) is 3.32. The van der Waals surface area contributed by atoms with Crippen molar-refractivity contribution in [2.45, 2.75) is 18.7 Å². The number of fused-ring (bicyclic) bond motifs is 1. The van der Waals surface area contributed by atoms with Crippen LogP contribution in [0.4, 0.5) is 13.2 Å². The maximum absolute atomic E-state index is 12.6. The number of benzene rings is 1. The summed E-state index contributed by atoms with van der Waals surface area (Å²) in [7, 11) is 0. The molecule has 1 aromatic carbocycles. The van der Waals surface area contributed by atoms with Gasteiger partial charge in [0.2, 0.25) is 0 Å². The summed E-state index contributed by atoms with van der Waals surface area (Å²) in [6.07, 6.45) is -3.64. The Morgan fingerprint density at radius 3 is 2.75 bits per heavy atom. The summed E-state index contributed by atoms with van der Waals surface area (Å²) in [5, 5.41) is 0.511. The highest BCUT2D eigenvalue weighted by molar-refractivity contribution is 9.09. The van der Waals surface area contributed by atoms with Gasteiger partial charge in [-0.05, 0) is 17.5 Å². The Balaban J connectivity index is 2.07. The van der Waals surface area contributed by atoms with Gasteiger partial charge in [0.15, 0.2) is 0 Å². The van der Waals surface area contributed by atoms with Gasteiger partial charge in [-0.1, -0.05) is 40.2 Å². The Bertz CT molecular complexity index is 439. The van der Waals surface area contributed by atoms with Crippen molar-refractivity contribution in [3.8, 4) is 0 Å². The van der Waals surface area contributed by atoms with Gasteiger partial charge < -0.3 is 4.74 Å². The van der Waals surface area contributed by atoms with E-state index in [0.717, 1.165) is 12.0 Å². The highest BCUT2D eigenvalue weighted by Crippen LogP contribution is 2.28. The van der Waals surface area contributed by atoms with Crippen LogP contribution >= 0.6 is 15.9 Å². The smallest absolute Gasteiger partial charge is 0.372 e. The predicted molar refractivity (Wildman–Crippen MR) is 75.1 cm³/mol. The molecule has 0 aromatic heterocycles. The molecule has 0 saturated carbocycles. The van der Waals surface area contributed by atoms with Crippen LogP contribution in [0.25, 0.3) is 0 Å². The molecule has 20 heavy (non-hydrogen) atoms. The van der Waals surface area contributed by atoms with Gasteiger partial charge in [0.1, 0.15) is 0 Å². The van der Waals surface area contributed by atoms with Crippen molar-refractivity contribution in [3.05, 3.63) is 35.4 Å². The molecular weight excluding hydrogens is 335 g/mol. The molecular formula is C14H17BrF3NO. The first-order valence-electron chi connectivity index (χ1n) is 6.54. The maximum atomic E-state index is 12.6. The quantitative estimate of drug-likeness (QED) is 0.752. The lowest BCUT2D eigenvalue weighted by Crippen LogP contribution is -2.39. The van der Waals surface area contributed by atoms with Crippen molar-refractivity contribution in [3.63, 3.8) is 0 Å². The number of ether oxygens (including phenoxy) is 1. The lowest BCUT2D eigenvalue weighted by molar-refractivity contribution is -0.149. The molecule has 112 valence electrons. The first-order valence-corrected chi connectivity index (χ1v) is 7.66. The molecule has 0 aliphatic carbocycles. The zero-order chi connectivity index (χ0) is 14.6. The SMILES string of the molecule is FC(F)(F)CN(CCBr)CC1OCCc2ccccc21. The van der Waals surface area contributed by atoms with Crippen molar-refractivity contribution < 1.29 is 17.9 Å². The van der Waals surface area contributed by atoms with E-state index in [1.807, 2.05) is 24.3 Å². The molecule has 0 spiro atoms. The van der Waals surface area contributed by atoms with Crippen LogP contribution < -0.4 is 0 Å². The van der Waals surface area contributed by atoms with Crippen LogP contribution in [0.15, 0.2) is 24.3 Å². The molecule has 1 aromatic rings. The third kappa shape index (κ3) is 4.46. The van der Waals surface area contributed by atoms with E-state index in [4.69, 9.17) is 4.74 Å². The van der Waals surface area contributed by atoms with Crippen molar-refractivity contribution in [2.75, 3.05) is 31.6 Å². The van der Waals surface area contributed by atoms with E-state index in [-0.39, 0.29) is 12.6 Å². The molecule has 1 heterocycles. The van der Waals surface area contributed by atoms with Gasteiger partial charge in [-0.15, -0.1) is 0 Å². The molecule has 0 saturated heterocycles. The molecule has 1 unspecified atom stereocenters. The minimum atomic E-state index is -4.18. The monoisotopic (exact) mass is 351 g/mol. The zero-order valence-corrected chi connectivity index (χ0v) is 12.6. The first-order chi connectivity index (χ1) is 9.49. The zero-order valence-electron chi connectivity index (χ0n) is 11.0. The summed E-state index contributed by atoms with van der Waals surface area (Å²) < 4.78 is 43.4. The molecule has 0 amide bonds. The fraction of sp³-hybridized carbons (Fsp3) is 0.571. The number of nitrogens with zero attached hydrogens (tertiary/aromatic N) is 1. The Hall–Kier alpha value is -0.590. The van der Waals surface area contributed by atoms with E-state index in [9.17, 15) is 13.2 Å². The third-order valence-corrected chi connectivity index (χ3v) is 3.67. The van der Waals surface area contributed by atoms with Crippen LogP contribution in [0, 0.1) is 0 Å². The van der Waals surface area contributed by atoms with Gasteiger partial charge in [-0.2, -0.15) is 13.2 Å². The highest BCUT2D eigenvalue weighted by Gasteiger charge is 2.32. The van der Waals surface area contributed by atoms with E-state index < -0.39 is 12.7 Å². The summed E-state index contributed by atoms with van der Waals surface area (Å²) in [5.41, 5.74) is 2.19. The van der Waals surface area contributed by atoms with Crippen LogP contribution in [0.5, 0.6) is 0 Å². The number of halogens is 4. The average Bonchev–Trinajstić information content (AvgIpc) is 2.37. The van der Waals surface area contributed by atoms with Gasteiger partial charge in [0.05, 0.1) is 19.3 Å². The van der Waals surface area contributed by atoms with E-state index in [1.165, 1.54) is 10.5 Å². The maximum Gasteiger partial charge on any atom is 0.401 e. The summed E-state index contributed by atoms with van der Waals surface area (Å²) in [4.78, 5) is 1.39. The normalized spacial score (nSPS) is 19.1. The second kappa shape index (κ2) is 6.91. The standard InChI is InChI=1S/C14H17BrF3NO/c15-6-7-19(10-14(16,17)18)9-13-12-4-2-1-3-11(12)5-8-20-13/h1-4,13H,5-10H2. The van der Waals surface area contributed by atoms with E-state index in [2.05, 4.69) is 15.9 Å². The van der Waals surface area contributed by atoms with E-state index in [0.29, 0.717) is 18.5 Å². The van der Waals surface area contributed by atoms with Crippen molar-refractivity contribution in [1.29, 1.82) is 0 Å². The largest absolute Gasteiger partial charge is 0.401 e. The van der Waals surface area contributed by atoms with Gasteiger partial charge >= 0.3 is 6.18 Å². The Labute approximate surface area is 125 Å². The van der Waals surface area contributed by atoms with Gasteiger partial charge in [0, 0.05) is 18.4 Å². The molecule has 0 radical (unpaired) electrons. The number of rotatable bonds is 5. The van der Waals surface area contributed by atoms with Crippen molar-refractivity contribution >= 4 is 15.9 Å². The Morgan fingerprint density at radius 2 is 2.05 bits per heavy atom. The summed E-state index contributed by atoms with van der Waals surface area (Å²) in [5.74, 6) is 0. The lowest BCUT2D eigenvalue weighted by atomic mass is 9.97. The fourth-order valence-electron chi connectivity index (χ4n) is 2.47. The van der Waals surface area contributed by atoms with E-state index >= 15 is 0 Å². The van der Waals surface area contributed by atoms with Crippen molar-refractivity contribution in [1.82, 2.24) is 4.90 Å². The van der Waals surface area contributed by atoms with Gasteiger partial charge in [0.25, 0.3) is 0 Å². The van der Waals surface area contributed by atoms with Crippen LogP contribution in [-0.4, -0.2) is 42.6 Å². The molecule has 1 aliphatic rings. The Kier molecular flexibility index (Phi) is 5.46. The second-order valence-corrected chi connectivity index (χ2v) is 5.64. The van der Waals surface area contributed by atoms with Crippen LogP contribution in [0.3, 0.4) is 0 Å².